The highest BCUT2D eigenvalue weighted by atomic mass is 16.6. The van der Waals surface area contributed by atoms with Crippen LogP contribution in [0.2, 0.25) is 0 Å². The Hall–Kier alpha value is -2.15. The molecular weight excluding hydrogens is 274 g/mol. The number of nitro benzene ring substituents is 1. The van der Waals surface area contributed by atoms with Gasteiger partial charge in [0.15, 0.2) is 0 Å². The molecule has 21 heavy (non-hydrogen) atoms. The molecule has 1 saturated heterocycles. The van der Waals surface area contributed by atoms with Crippen LogP contribution < -0.4 is 5.32 Å². The Morgan fingerprint density at radius 2 is 2.10 bits per heavy atom. The number of likely N-dealkylation sites (tertiary alicyclic amines) is 1. The Bertz CT molecular complexity index is 527. The normalized spacial score (nSPS) is 15.0. The first-order valence-electron chi connectivity index (χ1n) is 7.06. The molecule has 0 aliphatic carbocycles. The number of nitro groups is 1. The zero-order chi connectivity index (χ0) is 15.2. The second-order valence-corrected chi connectivity index (χ2v) is 5.12. The van der Waals surface area contributed by atoms with E-state index in [1.807, 2.05) is 0 Å². The third kappa shape index (κ3) is 4.16. The van der Waals surface area contributed by atoms with Gasteiger partial charge in [0.2, 0.25) is 0 Å². The van der Waals surface area contributed by atoms with Gasteiger partial charge in [-0.25, -0.2) is 4.79 Å². The minimum Gasteiger partial charge on any atom is -0.477 e. The highest BCUT2D eigenvalue weighted by Crippen LogP contribution is 2.22. The fraction of sp³-hybridized carbons (Fsp3) is 0.500. The van der Waals surface area contributed by atoms with Gasteiger partial charge in [0.1, 0.15) is 5.56 Å². The van der Waals surface area contributed by atoms with Crippen LogP contribution in [0.25, 0.3) is 0 Å². The maximum atomic E-state index is 11.0. The minimum absolute atomic E-state index is 0.287. The molecular formula is C14H19N3O4. The second-order valence-electron chi connectivity index (χ2n) is 5.12. The number of aromatic carboxylic acids is 1. The van der Waals surface area contributed by atoms with Gasteiger partial charge in [-0.1, -0.05) is 0 Å². The molecule has 0 saturated carbocycles. The van der Waals surface area contributed by atoms with Crippen molar-refractivity contribution in [2.45, 2.75) is 19.3 Å². The largest absolute Gasteiger partial charge is 0.477 e. The van der Waals surface area contributed by atoms with Crippen molar-refractivity contribution in [1.82, 2.24) is 4.90 Å². The first-order valence-corrected chi connectivity index (χ1v) is 7.06. The number of anilines is 1. The van der Waals surface area contributed by atoms with Crippen molar-refractivity contribution >= 4 is 17.3 Å². The number of hydrogen-bond acceptors (Lipinski definition) is 5. The van der Waals surface area contributed by atoms with Crippen molar-refractivity contribution in [1.29, 1.82) is 0 Å². The first-order chi connectivity index (χ1) is 10.1. The van der Waals surface area contributed by atoms with Crippen LogP contribution in [0.15, 0.2) is 18.2 Å². The Morgan fingerprint density at radius 1 is 1.38 bits per heavy atom. The summed E-state index contributed by atoms with van der Waals surface area (Å²) < 4.78 is 0. The van der Waals surface area contributed by atoms with Gasteiger partial charge in [-0.3, -0.25) is 10.1 Å². The van der Waals surface area contributed by atoms with Gasteiger partial charge in [0.05, 0.1) is 4.92 Å². The zero-order valence-corrected chi connectivity index (χ0v) is 11.7. The molecule has 1 aliphatic heterocycles. The van der Waals surface area contributed by atoms with Crippen molar-refractivity contribution in [2.24, 2.45) is 0 Å². The van der Waals surface area contributed by atoms with E-state index in [0.29, 0.717) is 12.2 Å². The highest BCUT2D eigenvalue weighted by molar-refractivity contribution is 5.93. The van der Waals surface area contributed by atoms with Crippen LogP contribution in [-0.4, -0.2) is 47.1 Å². The molecule has 1 aromatic rings. The SMILES string of the molecule is O=C(O)c1cc(NCCCN2CCCC2)ccc1[N+](=O)[O-]. The van der Waals surface area contributed by atoms with E-state index in [9.17, 15) is 14.9 Å². The van der Waals surface area contributed by atoms with Gasteiger partial charge in [-0.2, -0.15) is 0 Å². The van der Waals surface area contributed by atoms with Gasteiger partial charge in [-0.05, 0) is 51.0 Å². The highest BCUT2D eigenvalue weighted by Gasteiger charge is 2.19. The lowest BCUT2D eigenvalue weighted by Gasteiger charge is -2.14. The van der Waals surface area contributed by atoms with Gasteiger partial charge >= 0.3 is 5.97 Å². The average molecular weight is 293 g/mol. The zero-order valence-electron chi connectivity index (χ0n) is 11.7. The van der Waals surface area contributed by atoms with Crippen LogP contribution in [0.4, 0.5) is 11.4 Å². The lowest BCUT2D eigenvalue weighted by molar-refractivity contribution is -0.385. The average Bonchev–Trinajstić information content (AvgIpc) is 2.96. The molecule has 0 spiro atoms. The number of rotatable bonds is 7. The Balaban J connectivity index is 1.89. The van der Waals surface area contributed by atoms with E-state index < -0.39 is 10.9 Å². The number of carboxylic acid groups (broad SMARTS) is 1. The summed E-state index contributed by atoms with van der Waals surface area (Å²) in [6.07, 6.45) is 3.48. The van der Waals surface area contributed by atoms with Gasteiger partial charge < -0.3 is 15.3 Å². The summed E-state index contributed by atoms with van der Waals surface area (Å²) in [5.41, 5.74) is -0.0749. The van der Waals surface area contributed by atoms with E-state index in [2.05, 4.69) is 10.2 Å². The van der Waals surface area contributed by atoms with Crippen LogP contribution in [0.1, 0.15) is 29.6 Å². The summed E-state index contributed by atoms with van der Waals surface area (Å²) in [6, 6.07) is 4.09. The van der Waals surface area contributed by atoms with Gasteiger partial charge in [-0.15, -0.1) is 0 Å². The van der Waals surface area contributed by atoms with Crippen molar-refractivity contribution in [2.75, 3.05) is 31.5 Å². The molecule has 0 atom stereocenters. The molecule has 1 fully saturated rings. The van der Waals surface area contributed by atoms with E-state index in [-0.39, 0.29) is 11.3 Å². The van der Waals surface area contributed by atoms with Crippen molar-refractivity contribution in [3.8, 4) is 0 Å². The molecule has 1 heterocycles. The fourth-order valence-electron chi connectivity index (χ4n) is 2.52. The van der Waals surface area contributed by atoms with Crippen LogP contribution in [0, 0.1) is 10.1 Å². The van der Waals surface area contributed by atoms with Crippen LogP contribution in [0.3, 0.4) is 0 Å². The van der Waals surface area contributed by atoms with Gasteiger partial charge in [0.25, 0.3) is 5.69 Å². The number of carboxylic acids is 1. The molecule has 1 aromatic carbocycles. The van der Waals surface area contributed by atoms with E-state index in [4.69, 9.17) is 5.11 Å². The molecule has 0 aromatic heterocycles. The molecule has 1 aliphatic rings. The monoisotopic (exact) mass is 293 g/mol. The maximum Gasteiger partial charge on any atom is 0.342 e. The van der Waals surface area contributed by atoms with Crippen LogP contribution in [0.5, 0.6) is 0 Å². The van der Waals surface area contributed by atoms with E-state index in [1.165, 1.54) is 25.0 Å². The molecule has 0 bridgehead atoms. The molecule has 7 heteroatoms. The fourth-order valence-corrected chi connectivity index (χ4v) is 2.52. The minimum atomic E-state index is -1.29. The molecule has 114 valence electrons. The molecule has 2 N–H and O–H groups in total. The van der Waals surface area contributed by atoms with Crippen molar-refractivity contribution < 1.29 is 14.8 Å². The summed E-state index contributed by atoms with van der Waals surface area (Å²) in [4.78, 5) is 23.5. The lowest BCUT2D eigenvalue weighted by atomic mass is 10.1. The number of carbonyl (C=O) groups is 1. The number of benzene rings is 1. The summed E-state index contributed by atoms with van der Waals surface area (Å²) in [7, 11) is 0. The third-order valence-electron chi connectivity index (χ3n) is 3.60. The summed E-state index contributed by atoms with van der Waals surface area (Å²) >= 11 is 0. The summed E-state index contributed by atoms with van der Waals surface area (Å²) in [5, 5.41) is 22.9. The number of nitrogens with zero attached hydrogens (tertiary/aromatic N) is 2. The van der Waals surface area contributed by atoms with Gasteiger partial charge in [0, 0.05) is 18.3 Å². The third-order valence-corrected chi connectivity index (χ3v) is 3.60. The Labute approximate surface area is 122 Å². The molecule has 0 amide bonds. The van der Waals surface area contributed by atoms with Crippen molar-refractivity contribution in [3.63, 3.8) is 0 Å². The molecule has 0 radical (unpaired) electrons. The predicted molar refractivity (Wildman–Crippen MR) is 78.8 cm³/mol. The lowest BCUT2D eigenvalue weighted by Crippen LogP contribution is -2.22. The Kier molecular flexibility index (Phi) is 5.10. The molecule has 7 nitrogen and oxygen atoms in total. The van der Waals surface area contributed by atoms with Crippen LogP contribution >= 0.6 is 0 Å². The summed E-state index contributed by atoms with van der Waals surface area (Å²) in [5.74, 6) is -1.29. The van der Waals surface area contributed by atoms with E-state index in [1.54, 1.807) is 6.07 Å². The smallest absolute Gasteiger partial charge is 0.342 e. The van der Waals surface area contributed by atoms with Crippen LogP contribution in [-0.2, 0) is 0 Å². The Morgan fingerprint density at radius 3 is 2.71 bits per heavy atom. The maximum absolute atomic E-state index is 11.0. The first kappa shape index (κ1) is 15.2. The standard InChI is InChI=1S/C14H19N3O4/c18-14(19)12-10-11(4-5-13(12)17(20)21)15-6-3-9-16-7-1-2-8-16/h4-5,10,15H,1-3,6-9H2,(H,18,19). The number of nitrogens with one attached hydrogen (secondary N) is 1. The van der Waals surface area contributed by atoms with E-state index >= 15 is 0 Å². The quantitative estimate of drug-likeness (QED) is 0.454. The molecule has 0 unspecified atom stereocenters. The predicted octanol–water partition coefficient (Wildman–Crippen LogP) is 2.19. The van der Waals surface area contributed by atoms with Crippen molar-refractivity contribution in [3.05, 3.63) is 33.9 Å². The topological polar surface area (TPSA) is 95.7 Å². The van der Waals surface area contributed by atoms with E-state index in [0.717, 1.165) is 26.1 Å². The summed E-state index contributed by atoms with van der Waals surface area (Å²) in [6.45, 7) is 4.04. The second kappa shape index (κ2) is 7.03. The molecule has 2 rings (SSSR count). The number of hydrogen-bond donors (Lipinski definition) is 2.